The lowest BCUT2D eigenvalue weighted by Crippen LogP contribution is -2.28. The summed E-state index contributed by atoms with van der Waals surface area (Å²) in [4.78, 5) is 27.5. The number of amides is 2. The van der Waals surface area contributed by atoms with Crippen molar-refractivity contribution in [2.75, 3.05) is 5.32 Å². The van der Waals surface area contributed by atoms with Crippen molar-refractivity contribution in [3.8, 4) is 0 Å². The molecule has 3 N–H and O–H groups in total. The third-order valence-electron chi connectivity index (χ3n) is 4.24. The minimum atomic E-state index is -0.552. The maximum absolute atomic E-state index is 12.2. The molecule has 1 fully saturated rings. The molecule has 2 heterocycles. The smallest absolute Gasteiger partial charge is 0.240 e. The maximum Gasteiger partial charge on any atom is 0.240 e. The first-order chi connectivity index (χ1) is 14.1. The quantitative estimate of drug-likeness (QED) is 0.428. The molecule has 0 saturated carbocycles. The average molecular weight is 426 g/mol. The molecule has 0 bridgehead atoms. The van der Waals surface area contributed by atoms with E-state index in [2.05, 4.69) is 25.8 Å². The van der Waals surface area contributed by atoms with E-state index in [1.54, 1.807) is 30.5 Å². The largest absolute Gasteiger partial charge is 0.361 e. The van der Waals surface area contributed by atoms with Crippen LogP contribution in [-0.4, -0.2) is 33.4 Å². The van der Waals surface area contributed by atoms with Gasteiger partial charge in [0.1, 0.15) is 5.25 Å². The van der Waals surface area contributed by atoms with E-state index in [0.717, 1.165) is 16.5 Å². The Hall–Kier alpha value is -3.10. The summed E-state index contributed by atoms with van der Waals surface area (Å²) in [6.07, 6.45) is 3.50. The van der Waals surface area contributed by atoms with Gasteiger partial charge in [-0.3, -0.25) is 9.59 Å². The van der Waals surface area contributed by atoms with Crippen LogP contribution >= 0.6 is 23.4 Å². The van der Waals surface area contributed by atoms with Crippen molar-refractivity contribution in [1.29, 1.82) is 0 Å². The van der Waals surface area contributed by atoms with Gasteiger partial charge in [0.15, 0.2) is 5.17 Å². The molecule has 7 nitrogen and oxygen atoms in total. The Morgan fingerprint density at radius 3 is 2.83 bits per heavy atom. The van der Waals surface area contributed by atoms with Gasteiger partial charge in [0, 0.05) is 39.8 Å². The molecule has 0 spiro atoms. The fourth-order valence-electron chi connectivity index (χ4n) is 2.84. The molecule has 1 saturated heterocycles. The number of aromatic nitrogens is 1. The normalized spacial score (nSPS) is 17.9. The molecule has 3 aromatic rings. The number of nitrogens with one attached hydrogen (secondary N) is 3. The number of fused-ring (bicyclic) bond motifs is 1. The number of rotatable bonds is 5. The van der Waals surface area contributed by atoms with Crippen LogP contribution in [0.1, 0.15) is 12.0 Å². The monoisotopic (exact) mass is 425 g/mol. The summed E-state index contributed by atoms with van der Waals surface area (Å²) in [5.41, 5.74) is 2.54. The molecule has 1 aliphatic rings. The number of para-hydroxylation sites is 1. The van der Waals surface area contributed by atoms with Crippen LogP contribution in [0.5, 0.6) is 0 Å². The maximum atomic E-state index is 12.2. The predicted molar refractivity (Wildman–Crippen MR) is 118 cm³/mol. The number of thioether (sulfide) groups is 1. The minimum Gasteiger partial charge on any atom is -0.361 e. The highest BCUT2D eigenvalue weighted by atomic mass is 35.5. The van der Waals surface area contributed by atoms with Crippen LogP contribution in [0.2, 0.25) is 5.02 Å². The van der Waals surface area contributed by atoms with E-state index in [4.69, 9.17) is 11.6 Å². The number of anilines is 1. The summed E-state index contributed by atoms with van der Waals surface area (Å²) in [7, 11) is 0. The van der Waals surface area contributed by atoms with Gasteiger partial charge in [0.2, 0.25) is 11.8 Å². The Labute approximate surface area is 175 Å². The van der Waals surface area contributed by atoms with Crippen molar-refractivity contribution in [1.82, 2.24) is 10.3 Å². The second-order valence-corrected chi connectivity index (χ2v) is 7.92. The number of amidine groups is 1. The number of carbonyl (C=O) groups excluding carboxylic acids is 2. The van der Waals surface area contributed by atoms with E-state index in [0.29, 0.717) is 15.9 Å². The summed E-state index contributed by atoms with van der Waals surface area (Å²) in [6, 6.07) is 14.6. The van der Waals surface area contributed by atoms with Gasteiger partial charge in [-0.25, -0.2) is 0 Å². The zero-order valence-corrected chi connectivity index (χ0v) is 16.6. The van der Waals surface area contributed by atoms with Gasteiger partial charge in [0.25, 0.3) is 0 Å². The van der Waals surface area contributed by atoms with Crippen molar-refractivity contribution in [2.45, 2.75) is 11.7 Å². The molecule has 2 aromatic carbocycles. The van der Waals surface area contributed by atoms with E-state index >= 15 is 0 Å². The lowest BCUT2D eigenvalue weighted by Gasteiger charge is -2.07. The second kappa shape index (κ2) is 8.50. The number of hydrogen-bond donors (Lipinski definition) is 3. The highest BCUT2D eigenvalue weighted by molar-refractivity contribution is 8.15. The first-order valence-corrected chi connectivity index (χ1v) is 10.0. The molecule has 0 aliphatic carbocycles. The Bertz CT molecular complexity index is 1120. The van der Waals surface area contributed by atoms with Gasteiger partial charge >= 0.3 is 0 Å². The molecule has 1 atom stereocenters. The molecule has 2 amide bonds. The molecular formula is C20H16ClN5O2S. The third-order valence-corrected chi connectivity index (χ3v) is 5.57. The molecule has 4 rings (SSSR count). The van der Waals surface area contributed by atoms with Crippen molar-refractivity contribution in [3.05, 3.63) is 65.3 Å². The Kier molecular flexibility index (Phi) is 5.64. The number of hydrogen-bond acceptors (Lipinski definition) is 5. The Balaban J connectivity index is 1.35. The number of carbonyl (C=O) groups is 2. The van der Waals surface area contributed by atoms with Crippen LogP contribution in [0.25, 0.3) is 10.9 Å². The fraction of sp³-hybridized carbons (Fsp3) is 0.100. The third kappa shape index (κ3) is 4.67. The van der Waals surface area contributed by atoms with Gasteiger partial charge in [0.05, 0.1) is 6.21 Å². The number of H-pyrrole nitrogens is 1. The summed E-state index contributed by atoms with van der Waals surface area (Å²) >= 11 is 7.02. The molecule has 1 aromatic heterocycles. The van der Waals surface area contributed by atoms with Crippen molar-refractivity contribution < 1.29 is 9.59 Å². The number of aromatic amines is 1. The van der Waals surface area contributed by atoms with E-state index in [-0.39, 0.29) is 18.2 Å². The summed E-state index contributed by atoms with van der Waals surface area (Å²) < 4.78 is 0. The van der Waals surface area contributed by atoms with Crippen LogP contribution in [-0.2, 0) is 9.59 Å². The van der Waals surface area contributed by atoms with Crippen molar-refractivity contribution in [3.63, 3.8) is 0 Å². The standard InChI is InChI=1S/C20H16ClN5O2S/c21-13-5-7-14(8-6-13)24-18(27)9-17-19(28)25-20(29-17)26-23-11-12-10-22-16-4-2-1-3-15(12)16/h1-8,10-11,17,22H,9H2,(H,24,27)(H,25,26,28)/b23-11-/t17-/m0/s1. The van der Waals surface area contributed by atoms with Crippen LogP contribution in [0, 0.1) is 0 Å². The highest BCUT2D eigenvalue weighted by Gasteiger charge is 2.32. The molecule has 0 radical (unpaired) electrons. The van der Waals surface area contributed by atoms with Gasteiger partial charge in [-0.05, 0) is 30.3 Å². The van der Waals surface area contributed by atoms with E-state index in [9.17, 15) is 9.59 Å². The van der Waals surface area contributed by atoms with Gasteiger partial charge < -0.3 is 15.6 Å². The van der Waals surface area contributed by atoms with Crippen molar-refractivity contribution in [2.24, 2.45) is 10.2 Å². The molecule has 146 valence electrons. The summed E-state index contributed by atoms with van der Waals surface area (Å²) in [5, 5.41) is 15.0. The lowest BCUT2D eigenvalue weighted by atomic mass is 10.2. The van der Waals surface area contributed by atoms with Crippen LogP contribution < -0.4 is 10.6 Å². The average Bonchev–Trinajstić information content (AvgIpc) is 3.27. The van der Waals surface area contributed by atoms with E-state index < -0.39 is 5.25 Å². The van der Waals surface area contributed by atoms with E-state index in [1.165, 1.54) is 11.8 Å². The van der Waals surface area contributed by atoms with Gasteiger partial charge in [-0.2, -0.15) is 5.10 Å². The first kappa shape index (κ1) is 19.2. The topological polar surface area (TPSA) is 98.7 Å². The summed E-state index contributed by atoms with van der Waals surface area (Å²) in [6.45, 7) is 0. The van der Waals surface area contributed by atoms with E-state index in [1.807, 2.05) is 30.5 Å². The molecule has 9 heteroatoms. The highest BCUT2D eigenvalue weighted by Crippen LogP contribution is 2.23. The summed E-state index contributed by atoms with van der Waals surface area (Å²) in [5.74, 6) is -0.522. The molecular weight excluding hydrogens is 410 g/mol. The number of halogens is 1. The molecule has 29 heavy (non-hydrogen) atoms. The van der Waals surface area contributed by atoms with Crippen molar-refractivity contribution >= 4 is 63.1 Å². The van der Waals surface area contributed by atoms with Gasteiger partial charge in [-0.1, -0.05) is 41.6 Å². The number of benzene rings is 2. The zero-order chi connectivity index (χ0) is 20.2. The molecule has 0 unspecified atom stereocenters. The first-order valence-electron chi connectivity index (χ1n) is 8.78. The van der Waals surface area contributed by atoms with Crippen LogP contribution in [0.4, 0.5) is 5.69 Å². The van der Waals surface area contributed by atoms with Gasteiger partial charge in [-0.15, -0.1) is 5.10 Å². The lowest BCUT2D eigenvalue weighted by molar-refractivity contribution is -0.122. The van der Waals surface area contributed by atoms with Crippen LogP contribution in [0.3, 0.4) is 0 Å². The predicted octanol–water partition coefficient (Wildman–Crippen LogP) is 3.77. The second-order valence-electron chi connectivity index (χ2n) is 6.29. The minimum absolute atomic E-state index is 0.0321. The Morgan fingerprint density at radius 2 is 2.00 bits per heavy atom. The SMILES string of the molecule is O=C(C[C@@H]1S/C(=N\N=C/c2c[nH]c3ccccc23)NC1=O)Nc1ccc(Cl)cc1. The zero-order valence-electron chi connectivity index (χ0n) is 15.1. The number of nitrogens with zero attached hydrogens (tertiary/aromatic N) is 2. The Morgan fingerprint density at radius 1 is 1.21 bits per heavy atom. The van der Waals surface area contributed by atoms with Crippen LogP contribution in [0.15, 0.2) is 64.9 Å². The molecule has 1 aliphatic heterocycles. The fourth-order valence-corrected chi connectivity index (χ4v) is 3.89.